The Morgan fingerprint density at radius 2 is 1.79 bits per heavy atom. The second kappa shape index (κ2) is 8.28. The third-order valence-electron chi connectivity index (χ3n) is 4.74. The number of thioether (sulfide) groups is 1. The summed E-state index contributed by atoms with van der Waals surface area (Å²) in [6, 6.07) is 12.0. The van der Waals surface area contributed by atoms with Crippen molar-refractivity contribution in [3.8, 4) is 11.5 Å². The Labute approximate surface area is 172 Å². The van der Waals surface area contributed by atoms with Gasteiger partial charge in [-0.25, -0.2) is 4.59 Å². The van der Waals surface area contributed by atoms with Crippen molar-refractivity contribution in [2.45, 2.75) is 24.9 Å². The van der Waals surface area contributed by atoms with Gasteiger partial charge in [-0.3, -0.25) is 4.79 Å². The summed E-state index contributed by atoms with van der Waals surface area (Å²) in [6.07, 6.45) is -3.49. The first-order chi connectivity index (χ1) is 13.6. The number of hydrogen-bond acceptors (Lipinski definition) is 3. The van der Waals surface area contributed by atoms with Crippen LogP contribution in [0, 0.1) is 0 Å². The van der Waals surface area contributed by atoms with Gasteiger partial charge in [0.05, 0.1) is 25.4 Å². The van der Waals surface area contributed by atoms with Gasteiger partial charge in [-0.1, -0.05) is 25.1 Å². The first kappa shape index (κ1) is 21.5. The van der Waals surface area contributed by atoms with Crippen molar-refractivity contribution in [2.75, 3.05) is 26.4 Å². The maximum atomic E-state index is 12.9. The SMILES string of the molecule is CCC[N+](C)(C)N1C(=O)CSC1c1cccc(Oc2cccc(C(F)(F)F)c2)c1. The van der Waals surface area contributed by atoms with Crippen molar-refractivity contribution >= 4 is 17.7 Å². The molecule has 0 aliphatic carbocycles. The topological polar surface area (TPSA) is 29.5 Å². The number of rotatable bonds is 6. The van der Waals surface area contributed by atoms with Gasteiger partial charge < -0.3 is 4.74 Å². The number of alkyl halides is 3. The van der Waals surface area contributed by atoms with Crippen molar-refractivity contribution < 1.29 is 27.3 Å². The molecule has 0 N–H and O–H groups in total. The molecule has 1 unspecified atom stereocenters. The quantitative estimate of drug-likeness (QED) is 0.575. The van der Waals surface area contributed by atoms with E-state index in [0.717, 1.165) is 30.7 Å². The lowest BCUT2D eigenvalue weighted by molar-refractivity contribution is -0.992. The lowest BCUT2D eigenvalue weighted by Crippen LogP contribution is -2.56. The summed E-state index contributed by atoms with van der Waals surface area (Å²) >= 11 is 1.54. The van der Waals surface area contributed by atoms with E-state index in [4.69, 9.17) is 4.74 Å². The van der Waals surface area contributed by atoms with Gasteiger partial charge in [-0.15, -0.1) is 11.8 Å². The molecule has 1 amide bonds. The highest BCUT2D eigenvalue weighted by atomic mass is 32.2. The second-order valence-corrected chi connectivity index (χ2v) is 8.52. The van der Waals surface area contributed by atoms with Crippen LogP contribution in [0.25, 0.3) is 0 Å². The monoisotopic (exact) mass is 425 g/mol. The van der Waals surface area contributed by atoms with Crippen LogP contribution in [0.3, 0.4) is 0 Å². The largest absolute Gasteiger partial charge is 0.457 e. The number of ether oxygens (including phenoxy) is 1. The first-order valence-electron chi connectivity index (χ1n) is 9.34. The van der Waals surface area contributed by atoms with Crippen LogP contribution in [0.4, 0.5) is 13.2 Å². The summed E-state index contributed by atoms with van der Waals surface area (Å²) in [4.78, 5) is 12.5. The van der Waals surface area contributed by atoms with E-state index in [0.29, 0.717) is 16.1 Å². The molecule has 1 saturated heterocycles. The Balaban J connectivity index is 1.85. The molecular formula is C21H24F3N2O2S+. The summed E-state index contributed by atoms with van der Waals surface area (Å²) in [5, 5.41) is 1.69. The zero-order valence-electron chi connectivity index (χ0n) is 16.6. The summed E-state index contributed by atoms with van der Waals surface area (Å²) < 4.78 is 44.9. The smallest absolute Gasteiger partial charge is 0.416 e. The predicted molar refractivity (Wildman–Crippen MR) is 107 cm³/mol. The predicted octanol–water partition coefficient (Wildman–Crippen LogP) is 5.47. The van der Waals surface area contributed by atoms with Gasteiger partial charge in [0, 0.05) is 0 Å². The van der Waals surface area contributed by atoms with E-state index < -0.39 is 11.7 Å². The Morgan fingerprint density at radius 3 is 2.45 bits per heavy atom. The number of carbonyl (C=O) groups is 1. The average Bonchev–Trinajstić information content (AvgIpc) is 3.04. The van der Waals surface area contributed by atoms with E-state index in [-0.39, 0.29) is 17.0 Å². The lowest BCUT2D eigenvalue weighted by Gasteiger charge is -2.40. The molecule has 4 nitrogen and oxygen atoms in total. The van der Waals surface area contributed by atoms with E-state index in [1.165, 1.54) is 12.1 Å². The number of halogens is 3. The van der Waals surface area contributed by atoms with Crippen LogP contribution < -0.4 is 4.74 Å². The van der Waals surface area contributed by atoms with Gasteiger partial charge in [-0.2, -0.15) is 18.2 Å². The van der Waals surface area contributed by atoms with E-state index >= 15 is 0 Å². The maximum absolute atomic E-state index is 12.9. The summed E-state index contributed by atoms with van der Waals surface area (Å²) in [5.41, 5.74) is 0.125. The molecule has 1 heterocycles. The van der Waals surface area contributed by atoms with Gasteiger partial charge in [0.2, 0.25) is 0 Å². The molecule has 2 aromatic carbocycles. The molecular weight excluding hydrogens is 401 g/mol. The fraction of sp³-hybridized carbons (Fsp3) is 0.381. The molecule has 8 heteroatoms. The molecule has 0 aromatic heterocycles. The molecule has 0 radical (unpaired) electrons. The Morgan fingerprint density at radius 1 is 1.14 bits per heavy atom. The van der Waals surface area contributed by atoms with Gasteiger partial charge in [0.25, 0.3) is 5.91 Å². The van der Waals surface area contributed by atoms with E-state index in [1.54, 1.807) is 30.0 Å². The van der Waals surface area contributed by atoms with Gasteiger partial charge in [0.15, 0.2) is 5.37 Å². The Bertz CT molecular complexity index is 886. The molecule has 1 fully saturated rings. The molecule has 156 valence electrons. The molecule has 0 spiro atoms. The number of hydrogen-bond donors (Lipinski definition) is 0. The minimum Gasteiger partial charge on any atom is -0.457 e. The van der Waals surface area contributed by atoms with Crippen molar-refractivity contribution in [1.29, 1.82) is 0 Å². The molecule has 0 bridgehead atoms. The van der Waals surface area contributed by atoms with Crippen molar-refractivity contribution in [3.05, 3.63) is 59.7 Å². The first-order valence-corrected chi connectivity index (χ1v) is 10.4. The third-order valence-corrected chi connectivity index (χ3v) is 5.94. The molecule has 1 aliphatic rings. The molecule has 3 rings (SSSR count). The lowest BCUT2D eigenvalue weighted by atomic mass is 10.2. The van der Waals surface area contributed by atoms with Gasteiger partial charge >= 0.3 is 6.18 Å². The Kier molecular flexibility index (Phi) is 6.14. The van der Waals surface area contributed by atoms with E-state index in [2.05, 4.69) is 6.92 Å². The minimum absolute atomic E-state index is 0.0719. The fourth-order valence-corrected chi connectivity index (χ4v) is 4.79. The summed E-state index contributed by atoms with van der Waals surface area (Å²) in [5.74, 6) is 1.02. The van der Waals surface area contributed by atoms with Gasteiger partial charge in [-0.05, 0) is 42.3 Å². The highest BCUT2D eigenvalue weighted by Gasteiger charge is 2.43. The number of carbonyl (C=O) groups excluding carboxylic acids is 1. The normalized spacial score (nSPS) is 17.7. The highest BCUT2D eigenvalue weighted by Crippen LogP contribution is 2.42. The number of nitrogens with zero attached hydrogens (tertiary/aromatic N) is 2. The zero-order chi connectivity index (χ0) is 21.2. The van der Waals surface area contributed by atoms with Crippen molar-refractivity contribution in [2.24, 2.45) is 0 Å². The van der Waals surface area contributed by atoms with Crippen LogP contribution >= 0.6 is 11.8 Å². The fourth-order valence-electron chi connectivity index (χ4n) is 3.50. The van der Waals surface area contributed by atoms with Crippen molar-refractivity contribution in [3.63, 3.8) is 0 Å². The average molecular weight is 425 g/mol. The molecule has 29 heavy (non-hydrogen) atoms. The zero-order valence-corrected chi connectivity index (χ0v) is 17.4. The summed E-state index contributed by atoms with van der Waals surface area (Å²) in [6.45, 7) is 2.90. The van der Waals surface area contributed by atoms with Gasteiger partial charge in [0.1, 0.15) is 18.0 Å². The number of quaternary nitrogens is 1. The van der Waals surface area contributed by atoms with Crippen LogP contribution in [0.15, 0.2) is 48.5 Å². The standard InChI is InChI=1S/C21H24F3N2O2S/c1-4-11-26(2,3)25-19(27)14-29-20(25)15-7-5-9-17(12-15)28-18-10-6-8-16(13-18)21(22,23)24/h5-10,12-13,20H,4,11,14H2,1-3H3/q+1. The minimum atomic E-state index is -4.43. The van der Waals surface area contributed by atoms with E-state index in [9.17, 15) is 18.0 Å². The van der Waals surface area contributed by atoms with Crippen LogP contribution in [0.1, 0.15) is 29.8 Å². The molecule has 1 atom stereocenters. The summed E-state index contributed by atoms with van der Waals surface area (Å²) in [7, 11) is 4.01. The molecule has 1 aliphatic heterocycles. The van der Waals surface area contributed by atoms with Crippen molar-refractivity contribution in [1.82, 2.24) is 5.01 Å². The number of amides is 1. The molecule has 2 aromatic rings. The van der Waals surface area contributed by atoms with Crippen LogP contribution in [0.2, 0.25) is 0 Å². The molecule has 0 saturated carbocycles. The number of benzene rings is 2. The second-order valence-electron chi connectivity index (χ2n) is 7.45. The third kappa shape index (κ3) is 4.87. The van der Waals surface area contributed by atoms with Crippen LogP contribution in [0.5, 0.6) is 11.5 Å². The maximum Gasteiger partial charge on any atom is 0.416 e. The van der Waals surface area contributed by atoms with Crippen LogP contribution in [-0.4, -0.2) is 41.9 Å². The van der Waals surface area contributed by atoms with E-state index in [1.807, 2.05) is 25.2 Å². The van der Waals surface area contributed by atoms with Crippen LogP contribution in [-0.2, 0) is 11.0 Å². The Hall–Kier alpha value is -2.19. The highest BCUT2D eigenvalue weighted by molar-refractivity contribution is 8.00.